The molecular weight excluding hydrogens is 302 g/mol. The van der Waals surface area contributed by atoms with Gasteiger partial charge in [-0.3, -0.25) is 9.69 Å². The third kappa shape index (κ3) is 5.87. The highest BCUT2D eigenvalue weighted by Crippen LogP contribution is 2.12. The molecule has 1 aromatic carbocycles. The second-order valence-electron chi connectivity index (χ2n) is 5.20. The van der Waals surface area contributed by atoms with Crippen molar-refractivity contribution in [1.82, 2.24) is 4.90 Å². The summed E-state index contributed by atoms with van der Waals surface area (Å²) in [6.45, 7) is 8.03. The maximum Gasteiger partial charge on any atom is 0.176 e. The van der Waals surface area contributed by atoms with E-state index in [0.29, 0.717) is 12.6 Å². The van der Waals surface area contributed by atoms with Crippen molar-refractivity contribution in [1.29, 1.82) is 0 Å². The minimum atomic E-state index is 0.206. The molecule has 106 valence electrons. The van der Waals surface area contributed by atoms with Crippen molar-refractivity contribution in [2.45, 2.75) is 46.1 Å². The van der Waals surface area contributed by atoms with Gasteiger partial charge in [-0.1, -0.05) is 47.8 Å². The van der Waals surface area contributed by atoms with E-state index in [1.807, 2.05) is 24.3 Å². The largest absolute Gasteiger partial charge is 0.293 e. The molecule has 3 heteroatoms. The van der Waals surface area contributed by atoms with Crippen LogP contribution in [0.1, 0.15) is 50.4 Å². The average Bonchev–Trinajstić information content (AvgIpc) is 2.38. The first-order valence-corrected chi connectivity index (χ1v) is 7.86. The van der Waals surface area contributed by atoms with Gasteiger partial charge < -0.3 is 0 Å². The lowest BCUT2D eigenvalue weighted by Gasteiger charge is -2.25. The molecule has 0 heterocycles. The Bertz CT molecular complexity index is 386. The zero-order valence-corrected chi connectivity index (χ0v) is 13.7. The molecule has 0 bridgehead atoms. The van der Waals surface area contributed by atoms with Crippen LogP contribution in [0.25, 0.3) is 0 Å². The lowest BCUT2D eigenvalue weighted by Crippen LogP contribution is -2.36. The summed E-state index contributed by atoms with van der Waals surface area (Å²) in [6, 6.07) is 8.03. The predicted octanol–water partition coefficient (Wildman–Crippen LogP) is 4.53. The van der Waals surface area contributed by atoms with E-state index in [4.69, 9.17) is 0 Å². The number of Topliss-reactive ketones (excluding diaryl/α,β-unsaturated/α-hetero) is 1. The molecule has 0 aliphatic carbocycles. The maximum atomic E-state index is 12.2. The Labute approximate surface area is 125 Å². The summed E-state index contributed by atoms with van der Waals surface area (Å²) in [7, 11) is 0. The van der Waals surface area contributed by atoms with Crippen LogP contribution in [-0.4, -0.2) is 29.8 Å². The van der Waals surface area contributed by atoms with Crippen LogP contribution in [0, 0.1) is 0 Å². The summed E-state index contributed by atoms with van der Waals surface area (Å²) < 4.78 is 1.01. The van der Waals surface area contributed by atoms with Crippen molar-refractivity contribution in [2.24, 2.45) is 0 Å². The number of halogens is 1. The summed E-state index contributed by atoms with van der Waals surface area (Å²) in [5, 5.41) is 0. The summed E-state index contributed by atoms with van der Waals surface area (Å²) in [5.74, 6) is 0.206. The number of rotatable bonds is 8. The van der Waals surface area contributed by atoms with Gasteiger partial charge in [0.25, 0.3) is 0 Å². The summed E-state index contributed by atoms with van der Waals surface area (Å²) in [4.78, 5) is 14.5. The summed E-state index contributed by atoms with van der Waals surface area (Å²) in [5.41, 5.74) is 0.796. The minimum absolute atomic E-state index is 0.206. The third-order valence-electron chi connectivity index (χ3n) is 3.29. The molecule has 1 aromatic rings. The molecule has 0 atom stereocenters. The molecule has 0 unspecified atom stereocenters. The van der Waals surface area contributed by atoms with Gasteiger partial charge in [-0.25, -0.2) is 0 Å². The van der Waals surface area contributed by atoms with Crippen molar-refractivity contribution in [3.63, 3.8) is 0 Å². The Kier molecular flexibility index (Phi) is 7.32. The first-order valence-electron chi connectivity index (χ1n) is 7.07. The summed E-state index contributed by atoms with van der Waals surface area (Å²) >= 11 is 3.39. The van der Waals surface area contributed by atoms with Gasteiger partial charge in [0.05, 0.1) is 6.54 Å². The smallest absolute Gasteiger partial charge is 0.176 e. The van der Waals surface area contributed by atoms with Gasteiger partial charge in [0.1, 0.15) is 0 Å². The molecule has 0 saturated carbocycles. The van der Waals surface area contributed by atoms with Crippen LogP contribution in [0.2, 0.25) is 0 Å². The molecule has 0 aliphatic heterocycles. The fourth-order valence-electron chi connectivity index (χ4n) is 2.00. The Morgan fingerprint density at radius 3 is 2.37 bits per heavy atom. The molecule has 0 radical (unpaired) electrons. The van der Waals surface area contributed by atoms with Crippen molar-refractivity contribution in [3.05, 3.63) is 34.3 Å². The van der Waals surface area contributed by atoms with E-state index in [1.54, 1.807) is 0 Å². The Morgan fingerprint density at radius 2 is 1.84 bits per heavy atom. The molecule has 19 heavy (non-hydrogen) atoms. The highest BCUT2D eigenvalue weighted by Gasteiger charge is 2.14. The van der Waals surface area contributed by atoms with Crippen LogP contribution in [0.3, 0.4) is 0 Å². The SMILES string of the molecule is CCCCCN(CC(=O)c1ccc(Br)cc1)C(C)C. The molecule has 0 amide bonds. The van der Waals surface area contributed by atoms with E-state index in [-0.39, 0.29) is 5.78 Å². The number of hydrogen-bond acceptors (Lipinski definition) is 2. The molecule has 0 fully saturated rings. The van der Waals surface area contributed by atoms with Crippen LogP contribution in [0.15, 0.2) is 28.7 Å². The van der Waals surface area contributed by atoms with E-state index in [2.05, 4.69) is 41.6 Å². The highest BCUT2D eigenvalue weighted by atomic mass is 79.9. The zero-order chi connectivity index (χ0) is 14.3. The van der Waals surface area contributed by atoms with Gasteiger partial charge in [0, 0.05) is 16.1 Å². The first-order chi connectivity index (χ1) is 9.04. The molecule has 0 aromatic heterocycles. The summed E-state index contributed by atoms with van der Waals surface area (Å²) in [6.07, 6.45) is 3.62. The predicted molar refractivity (Wildman–Crippen MR) is 84.7 cm³/mol. The van der Waals surface area contributed by atoms with E-state index in [1.165, 1.54) is 19.3 Å². The van der Waals surface area contributed by atoms with E-state index in [0.717, 1.165) is 16.6 Å². The topological polar surface area (TPSA) is 20.3 Å². The van der Waals surface area contributed by atoms with Crippen LogP contribution in [0.4, 0.5) is 0 Å². The van der Waals surface area contributed by atoms with Crippen molar-refractivity contribution in [3.8, 4) is 0 Å². The van der Waals surface area contributed by atoms with Gasteiger partial charge in [-0.05, 0) is 38.9 Å². The van der Waals surface area contributed by atoms with Crippen molar-refractivity contribution < 1.29 is 4.79 Å². The monoisotopic (exact) mass is 325 g/mol. The maximum absolute atomic E-state index is 12.2. The molecule has 2 nitrogen and oxygen atoms in total. The standard InChI is InChI=1S/C16H24BrNO/c1-4-5-6-11-18(13(2)3)12-16(19)14-7-9-15(17)10-8-14/h7-10,13H,4-6,11-12H2,1-3H3. The van der Waals surface area contributed by atoms with E-state index < -0.39 is 0 Å². The fourth-order valence-corrected chi connectivity index (χ4v) is 2.26. The van der Waals surface area contributed by atoms with Crippen LogP contribution < -0.4 is 0 Å². The Hall–Kier alpha value is -0.670. The Morgan fingerprint density at radius 1 is 1.21 bits per heavy atom. The Balaban J connectivity index is 2.58. The van der Waals surface area contributed by atoms with E-state index in [9.17, 15) is 4.79 Å². The van der Waals surface area contributed by atoms with Gasteiger partial charge in [-0.2, -0.15) is 0 Å². The van der Waals surface area contributed by atoms with Gasteiger partial charge in [-0.15, -0.1) is 0 Å². The lowest BCUT2D eigenvalue weighted by molar-refractivity contribution is 0.0904. The van der Waals surface area contributed by atoms with Crippen LogP contribution in [-0.2, 0) is 0 Å². The third-order valence-corrected chi connectivity index (χ3v) is 3.82. The second kappa shape index (κ2) is 8.49. The van der Waals surface area contributed by atoms with Gasteiger partial charge >= 0.3 is 0 Å². The first kappa shape index (κ1) is 16.4. The number of carbonyl (C=O) groups excluding carboxylic acids is 1. The van der Waals surface area contributed by atoms with Gasteiger partial charge in [0.2, 0.25) is 0 Å². The van der Waals surface area contributed by atoms with Gasteiger partial charge in [0.15, 0.2) is 5.78 Å². The zero-order valence-electron chi connectivity index (χ0n) is 12.2. The van der Waals surface area contributed by atoms with Crippen LogP contribution in [0.5, 0.6) is 0 Å². The number of carbonyl (C=O) groups is 1. The van der Waals surface area contributed by atoms with E-state index >= 15 is 0 Å². The molecule has 0 aliphatic rings. The number of hydrogen-bond donors (Lipinski definition) is 0. The fraction of sp³-hybridized carbons (Fsp3) is 0.562. The normalized spacial score (nSPS) is 11.3. The molecule has 0 spiro atoms. The molecule has 1 rings (SSSR count). The lowest BCUT2D eigenvalue weighted by atomic mass is 10.1. The molecule has 0 N–H and O–H groups in total. The number of ketones is 1. The number of nitrogens with zero attached hydrogens (tertiary/aromatic N) is 1. The quantitative estimate of drug-likeness (QED) is 0.517. The molecule has 0 saturated heterocycles. The number of benzene rings is 1. The van der Waals surface area contributed by atoms with Crippen LogP contribution >= 0.6 is 15.9 Å². The highest BCUT2D eigenvalue weighted by molar-refractivity contribution is 9.10. The van der Waals surface area contributed by atoms with Crippen molar-refractivity contribution >= 4 is 21.7 Å². The number of unbranched alkanes of at least 4 members (excludes halogenated alkanes) is 2. The second-order valence-corrected chi connectivity index (χ2v) is 6.12. The average molecular weight is 326 g/mol. The van der Waals surface area contributed by atoms with Crippen molar-refractivity contribution in [2.75, 3.05) is 13.1 Å². The molecular formula is C16H24BrNO. The minimum Gasteiger partial charge on any atom is -0.293 e.